The zero-order chi connectivity index (χ0) is 13.5. The molecule has 0 aliphatic heterocycles. The van der Waals surface area contributed by atoms with Gasteiger partial charge in [0.05, 0.1) is 11.4 Å². The summed E-state index contributed by atoms with van der Waals surface area (Å²) in [5, 5.41) is 0. The smallest absolute Gasteiger partial charge is 0.340 e. The average molecular weight is 269 g/mol. The van der Waals surface area contributed by atoms with Crippen LogP contribution in [0.2, 0.25) is 0 Å². The number of nitrogens with one attached hydrogen (secondary N) is 1. The molecule has 1 aliphatic rings. The summed E-state index contributed by atoms with van der Waals surface area (Å²) in [6.45, 7) is 0. The molecule has 2 aromatic heterocycles. The minimum absolute atomic E-state index is 0.193. The molecule has 1 aliphatic carbocycles. The number of H-pyrrole nitrogens is 1. The van der Waals surface area contributed by atoms with Crippen LogP contribution in [0.5, 0.6) is 0 Å². The molecule has 6 heteroatoms. The van der Waals surface area contributed by atoms with Gasteiger partial charge in [-0.05, 0) is 25.0 Å². The fraction of sp³-hybridized carbons (Fsp3) is 0.538. The summed E-state index contributed by atoms with van der Waals surface area (Å²) >= 11 is 0. The number of alkyl halides is 3. The van der Waals surface area contributed by atoms with Crippen LogP contribution in [0.3, 0.4) is 0 Å². The van der Waals surface area contributed by atoms with Crippen molar-refractivity contribution in [2.45, 2.75) is 37.8 Å². The first-order valence-electron chi connectivity index (χ1n) is 6.43. The van der Waals surface area contributed by atoms with E-state index in [-0.39, 0.29) is 6.42 Å². The predicted octanol–water partition coefficient (Wildman–Crippen LogP) is 3.79. The Morgan fingerprint density at radius 2 is 2.00 bits per heavy atom. The lowest BCUT2D eigenvalue weighted by Gasteiger charge is -2.31. The first-order chi connectivity index (χ1) is 9.05. The predicted molar refractivity (Wildman–Crippen MR) is 64.6 cm³/mol. The quantitative estimate of drug-likeness (QED) is 0.855. The van der Waals surface area contributed by atoms with Crippen molar-refractivity contribution < 1.29 is 13.2 Å². The molecule has 0 saturated heterocycles. The number of nitrogens with zero attached hydrogens (tertiary/aromatic N) is 2. The third-order valence-electron chi connectivity index (χ3n) is 3.81. The lowest BCUT2D eigenvalue weighted by Crippen LogP contribution is -2.32. The monoisotopic (exact) mass is 269 g/mol. The number of hydrogen-bond donors (Lipinski definition) is 1. The van der Waals surface area contributed by atoms with Crippen LogP contribution < -0.4 is 0 Å². The van der Waals surface area contributed by atoms with Crippen molar-refractivity contribution in [2.24, 2.45) is 5.92 Å². The molecule has 1 fully saturated rings. The minimum atomic E-state index is -4.16. The largest absolute Gasteiger partial charge is 0.392 e. The fourth-order valence-electron chi connectivity index (χ4n) is 2.89. The zero-order valence-electron chi connectivity index (χ0n) is 10.2. The second kappa shape index (κ2) is 4.51. The lowest BCUT2D eigenvalue weighted by molar-refractivity contribution is -0.187. The second-order valence-electron chi connectivity index (χ2n) is 5.04. The van der Waals surface area contributed by atoms with Crippen molar-refractivity contribution in [1.29, 1.82) is 0 Å². The maximum Gasteiger partial charge on any atom is 0.392 e. The fourth-order valence-corrected chi connectivity index (χ4v) is 2.89. The number of halogens is 3. The Morgan fingerprint density at radius 3 is 2.74 bits per heavy atom. The highest BCUT2D eigenvalue weighted by atomic mass is 19.4. The molecule has 1 saturated carbocycles. The van der Waals surface area contributed by atoms with Crippen LogP contribution in [-0.4, -0.2) is 21.1 Å². The molecule has 1 N–H and O–H groups in total. The molecule has 2 unspecified atom stereocenters. The molecule has 102 valence electrons. The third-order valence-corrected chi connectivity index (χ3v) is 3.81. The normalized spacial score (nSPS) is 24.8. The van der Waals surface area contributed by atoms with Gasteiger partial charge in [0.15, 0.2) is 5.65 Å². The van der Waals surface area contributed by atoms with E-state index in [1.165, 1.54) is 0 Å². The molecular weight excluding hydrogens is 255 g/mol. The van der Waals surface area contributed by atoms with Crippen molar-refractivity contribution in [1.82, 2.24) is 15.0 Å². The van der Waals surface area contributed by atoms with E-state index in [0.29, 0.717) is 29.8 Å². The van der Waals surface area contributed by atoms with E-state index in [4.69, 9.17) is 0 Å². The molecule has 0 aromatic carbocycles. The zero-order valence-corrected chi connectivity index (χ0v) is 10.2. The van der Waals surface area contributed by atoms with Crippen molar-refractivity contribution in [3.63, 3.8) is 0 Å². The van der Waals surface area contributed by atoms with E-state index in [9.17, 15) is 13.2 Å². The van der Waals surface area contributed by atoms with E-state index in [0.717, 1.165) is 6.42 Å². The van der Waals surface area contributed by atoms with Crippen LogP contribution >= 0.6 is 0 Å². The molecule has 0 amide bonds. The summed E-state index contributed by atoms with van der Waals surface area (Å²) in [7, 11) is 0. The van der Waals surface area contributed by atoms with Crippen LogP contribution in [-0.2, 0) is 0 Å². The van der Waals surface area contributed by atoms with E-state index in [1.54, 1.807) is 18.3 Å². The Kier molecular flexibility index (Phi) is 2.95. The second-order valence-corrected chi connectivity index (χ2v) is 5.04. The number of rotatable bonds is 1. The average Bonchev–Trinajstić information content (AvgIpc) is 2.81. The molecule has 3 nitrogen and oxygen atoms in total. The van der Waals surface area contributed by atoms with Crippen molar-refractivity contribution in [3.8, 4) is 0 Å². The highest BCUT2D eigenvalue weighted by Crippen LogP contribution is 2.45. The maximum absolute atomic E-state index is 13.1. The van der Waals surface area contributed by atoms with Gasteiger partial charge in [-0.3, -0.25) is 0 Å². The highest BCUT2D eigenvalue weighted by molar-refractivity contribution is 5.70. The number of pyridine rings is 1. The number of fused-ring (bicyclic) bond motifs is 1. The summed E-state index contributed by atoms with van der Waals surface area (Å²) in [6.07, 6.45) is -0.379. The molecule has 0 spiro atoms. The minimum Gasteiger partial charge on any atom is -0.340 e. The van der Waals surface area contributed by atoms with E-state index < -0.39 is 18.0 Å². The third kappa shape index (κ3) is 2.31. The van der Waals surface area contributed by atoms with Crippen LogP contribution in [0.4, 0.5) is 13.2 Å². The SMILES string of the molecule is FC(F)(F)C1CCCCC1c1nc2ncccc2[nH]1. The Morgan fingerprint density at radius 1 is 1.21 bits per heavy atom. The molecule has 19 heavy (non-hydrogen) atoms. The molecular formula is C13H14F3N3. The first kappa shape index (κ1) is 12.4. The summed E-state index contributed by atoms with van der Waals surface area (Å²) in [5.74, 6) is -1.43. The number of hydrogen-bond acceptors (Lipinski definition) is 2. The summed E-state index contributed by atoms with van der Waals surface area (Å²) < 4.78 is 39.2. The molecule has 0 radical (unpaired) electrons. The highest BCUT2D eigenvalue weighted by Gasteiger charge is 2.46. The van der Waals surface area contributed by atoms with Crippen LogP contribution in [0.15, 0.2) is 18.3 Å². The van der Waals surface area contributed by atoms with Gasteiger partial charge in [-0.15, -0.1) is 0 Å². The van der Waals surface area contributed by atoms with Crippen LogP contribution in [0.1, 0.15) is 37.4 Å². The van der Waals surface area contributed by atoms with Crippen molar-refractivity contribution >= 4 is 11.2 Å². The standard InChI is InChI=1S/C13H14F3N3/c14-13(15,16)9-5-2-1-4-8(9)11-18-10-6-3-7-17-12(10)19-11/h3,6-9H,1-2,4-5H2,(H,17,18,19). The van der Waals surface area contributed by atoms with Crippen molar-refractivity contribution in [2.75, 3.05) is 0 Å². The number of imidazole rings is 1. The lowest BCUT2D eigenvalue weighted by atomic mass is 9.78. The molecule has 3 rings (SSSR count). The van der Waals surface area contributed by atoms with Crippen LogP contribution in [0, 0.1) is 5.92 Å². The summed E-state index contributed by atoms with van der Waals surface area (Å²) in [4.78, 5) is 11.3. The summed E-state index contributed by atoms with van der Waals surface area (Å²) in [6, 6.07) is 3.52. The van der Waals surface area contributed by atoms with E-state index in [1.807, 2.05) is 0 Å². The van der Waals surface area contributed by atoms with Gasteiger partial charge >= 0.3 is 6.18 Å². The Balaban J connectivity index is 1.98. The first-order valence-corrected chi connectivity index (χ1v) is 6.43. The van der Waals surface area contributed by atoms with E-state index in [2.05, 4.69) is 15.0 Å². The van der Waals surface area contributed by atoms with Gasteiger partial charge in [-0.25, -0.2) is 9.97 Å². The maximum atomic E-state index is 13.1. The van der Waals surface area contributed by atoms with E-state index >= 15 is 0 Å². The van der Waals surface area contributed by atoms with Gasteiger partial charge in [0, 0.05) is 12.1 Å². The molecule has 2 aromatic rings. The molecule has 0 bridgehead atoms. The Hall–Kier alpha value is -1.59. The molecule has 2 heterocycles. The van der Waals surface area contributed by atoms with Gasteiger partial charge in [0.25, 0.3) is 0 Å². The van der Waals surface area contributed by atoms with Crippen LogP contribution in [0.25, 0.3) is 11.2 Å². The van der Waals surface area contributed by atoms with Crippen molar-refractivity contribution in [3.05, 3.63) is 24.2 Å². The number of aromatic amines is 1. The topological polar surface area (TPSA) is 41.6 Å². The van der Waals surface area contributed by atoms with Gasteiger partial charge in [-0.1, -0.05) is 12.8 Å². The number of aromatic nitrogens is 3. The van der Waals surface area contributed by atoms with Gasteiger partial charge in [-0.2, -0.15) is 13.2 Å². The van der Waals surface area contributed by atoms with Gasteiger partial charge < -0.3 is 4.98 Å². The van der Waals surface area contributed by atoms with Gasteiger partial charge in [0.1, 0.15) is 5.82 Å². The molecule has 2 atom stereocenters. The Labute approximate surface area is 108 Å². The summed E-state index contributed by atoms with van der Waals surface area (Å²) in [5.41, 5.74) is 1.19. The van der Waals surface area contributed by atoms with Gasteiger partial charge in [0.2, 0.25) is 0 Å². The Bertz CT molecular complexity index is 543.